The van der Waals surface area contributed by atoms with E-state index >= 15 is 0 Å². The normalized spacial score (nSPS) is 10.9. The molecule has 0 radical (unpaired) electrons. The summed E-state index contributed by atoms with van der Waals surface area (Å²) in [5.74, 6) is 0.145. The third-order valence-electron chi connectivity index (χ3n) is 2.02. The topological polar surface area (TPSA) is 87.0 Å². The summed E-state index contributed by atoms with van der Waals surface area (Å²) < 4.78 is 1.45. The van der Waals surface area contributed by atoms with Gasteiger partial charge >= 0.3 is 5.69 Å². The minimum Gasteiger partial charge on any atom is -0.378 e. The van der Waals surface area contributed by atoms with E-state index in [0.717, 1.165) is 0 Å². The van der Waals surface area contributed by atoms with Gasteiger partial charge < -0.3 is 5.73 Å². The fourth-order valence-electron chi connectivity index (χ4n) is 1.30. The highest BCUT2D eigenvalue weighted by Gasteiger charge is 2.26. The summed E-state index contributed by atoms with van der Waals surface area (Å²) in [4.78, 5) is 10.3. The summed E-state index contributed by atoms with van der Waals surface area (Å²) in [7, 11) is 0. The van der Waals surface area contributed by atoms with Crippen molar-refractivity contribution in [2.75, 3.05) is 5.73 Å². The minimum absolute atomic E-state index is 0.00509. The van der Waals surface area contributed by atoms with Crippen LogP contribution in [-0.4, -0.2) is 14.7 Å². The largest absolute Gasteiger partial charge is 0.378 e. The van der Waals surface area contributed by atoms with Gasteiger partial charge in [0.1, 0.15) is 5.69 Å². The van der Waals surface area contributed by atoms with Crippen LogP contribution in [0.25, 0.3) is 0 Å². The Bertz CT molecular complexity index is 356. The Balaban J connectivity index is 3.35. The van der Waals surface area contributed by atoms with Gasteiger partial charge in [0.15, 0.2) is 0 Å². The van der Waals surface area contributed by atoms with Gasteiger partial charge in [-0.2, -0.15) is 5.10 Å². The van der Waals surface area contributed by atoms with Crippen LogP contribution in [0, 0.1) is 10.1 Å². The molecule has 0 saturated heterocycles. The maximum Gasteiger partial charge on any atom is 0.334 e. The molecular weight excluding hydrogens is 184 g/mol. The van der Waals surface area contributed by atoms with E-state index in [1.807, 2.05) is 20.8 Å². The van der Waals surface area contributed by atoms with Crippen molar-refractivity contribution in [1.29, 1.82) is 0 Å². The van der Waals surface area contributed by atoms with Gasteiger partial charge in [0, 0.05) is 12.5 Å². The van der Waals surface area contributed by atoms with Crippen LogP contribution in [0.3, 0.4) is 0 Å². The van der Waals surface area contributed by atoms with Crippen LogP contribution in [0.15, 0.2) is 0 Å². The van der Waals surface area contributed by atoms with Crippen LogP contribution in [-0.2, 0) is 6.54 Å². The van der Waals surface area contributed by atoms with Crippen LogP contribution in [0.4, 0.5) is 11.5 Å². The number of aromatic nitrogens is 2. The van der Waals surface area contributed by atoms with Gasteiger partial charge in [-0.05, 0) is 6.92 Å². The number of nitrogen functional groups attached to an aromatic ring is 1. The van der Waals surface area contributed by atoms with Crippen LogP contribution >= 0.6 is 0 Å². The molecule has 6 heteroatoms. The van der Waals surface area contributed by atoms with Gasteiger partial charge in [0.2, 0.25) is 5.82 Å². The highest BCUT2D eigenvalue weighted by Crippen LogP contribution is 2.30. The Morgan fingerprint density at radius 1 is 1.64 bits per heavy atom. The second kappa shape index (κ2) is 3.65. The molecule has 0 atom stereocenters. The molecule has 0 amide bonds. The highest BCUT2D eigenvalue weighted by atomic mass is 16.6. The van der Waals surface area contributed by atoms with Crippen molar-refractivity contribution in [3.8, 4) is 0 Å². The van der Waals surface area contributed by atoms with Crippen LogP contribution in [0.1, 0.15) is 32.4 Å². The average Bonchev–Trinajstić information content (AvgIpc) is 2.42. The zero-order valence-electron chi connectivity index (χ0n) is 8.52. The average molecular weight is 198 g/mol. The molecular formula is C8H14N4O2. The highest BCUT2D eigenvalue weighted by molar-refractivity contribution is 5.57. The lowest BCUT2D eigenvalue weighted by molar-refractivity contribution is -0.384. The number of hydrogen-bond acceptors (Lipinski definition) is 4. The van der Waals surface area contributed by atoms with Crippen LogP contribution in [0.2, 0.25) is 0 Å². The van der Waals surface area contributed by atoms with Crippen molar-refractivity contribution >= 4 is 11.5 Å². The van der Waals surface area contributed by atoms with Crippen molar-refractivity contribution in [2.45, 2.75) is 33.2 Å². The van der Waals surface area contributed by atoms with Crippen LogP contribution < -0.4 is 5.73 Å². The van der Waals surface area contributed by atoms with E-state index in [1.165, 1.54) is 4.68 Å². The predicted molar refractivity (Wildman–Crippen MR) is 53.1 cm³/mol. The first kappa shape index (κ1) is 10.5. The van der Waals surface area contributed by atoms with E-state index in [2.05, 4.69) is 5.10 Å². The van der Waals surface area contributed by atoms with Gasteiger partial charge in [-0.1, -0.05) is 13.8 Å². The number of hydrogen-bond donors (Lipinski definition) is 1. The van der Waals surface area contributed by atoms with E-state index in [1.54, 1.807) is 0 Å². The fraction of sp³-hybridized carbons (Fsp3) is 0.625. The number of aryl methyl sites for hydroxylation is 1. The zero-order chi connectivity index (χ0) is 10.9. The summed E-state index contributed by atoms with van der Waals surface area (Å²) >= 11 is 0. The van der Waals surface area contributed by atoms with E-state index in [-0.39, 0.29) is 17.4 Å². The van der Waals surface area contributed by atoms with Gasteiger partial charge in [-0.15, -0.1) is 0 Å². The minimum atomic E-state index is -0.468. The summed E-state index contributed by atoms with van der Waals surface area (Å²) in [6, 6.07) is 0. The van der Waals surface area contributed by atoms with E-state index in [4.69, 9.17) is 5.73 Å². The van der Waals surface area contributed by atoms with Gasteiger partial charge in [0.25, 0.3) is 0 Å². The van der Waals surface area contributed by atoms with Crippen molar-refractivity contribution in [2.24, 2.45) is 0 Å². The lowest BCUT2D eigenvalue weighted by atomic mass is 10.1. The molecule has 0 saturated carbocycles. The molecule has 78 valence electrons. The second-order valence-electron chi connectivity index (χ2n) is 3.35. The molecule has 0 aromatic carbocycles. The molecule has 0 aliphatic heterocycles. The molecule has 1 rings (SSSR count). The van der Waals surface area contributed by atoms with Crippen molar-refractivity contribution in [3.63, 3.8) is 0 Å². The van der Waals surface area contributed by atoms with Crippen molar-refractivity contribution in [3.05, 3.63) is 15.8 Å². The molecule has 0 bridgehead atoms. The third-order valence-corrected chi connectivity index (χ3v) is 2.02. The Morgan fingerprint density at radius 2 is 2.21 bits per heavy atom. The zero-order valence-corrected chi connectivity index (χ0v) is 8.52. The number of nitrogens with two attached hydrogens (primary N) is 1. The van der Waals surface area contributed by atoms with Gasteiger partial charge in [-0.25, -0.2) is 4.68 Å². The first-order chi connectivity index (χ1) is 6.49. The molecule has 1 heterocycles. The molecule has 6 nitrogen and oxygen atoms in total. The number of nitrogens with zero attached hydrogens (tertiary/aromatic N) is 3. The molecule has 0 aliphatic carbocycles. The van der Waals surface area contributed by atoms with E-state index in [0.29, 0.717) is 12.2 Å². The summed E-state index contributed by atoms with van der Waals surface area (Å²) in [5, 5.41) is 14.8. The Morgan fingerprint density at radius 3 is 2.50 bits per heavy atom. The first-order valence-corrected chi connectivity index (χ1v) is 4.49. The Kier molecular flexibility index (Phi) is 2.73. The molecule has 0 unspecified atom stereocenters. The molecule has 0 aliphatic rings. The molecule has 2 N–H and O–H groups in total. The summed E-state index contributed by atoms with van der Waals surface area (Å²) in [6.07, 6.45) is 0. The van der Waals surface area contributed by atoms with Crippen LogP contribution in [0.5, 0.6) is 0 Å². The number of anilines is 1. The first-order valence-electron chi connectivity index (χ1n) is 4.49. The Hall–Kier alpha value is -1.59. The summed E-state index contributed by atoms with van der Waals surface area (Å²) in [5.41, 5.74) is 6.01. The quantitative estimate of drug-likeness (QED) is 0.589. The smallest absolute Gasteiger partial charge is 0.334 e. The lowest BCUT2D eigenvalue weighted by Crippen LogP contribution is -2.03. The Labute approximate surface area is 81.9 Å². The monoisotopic (exact) mass is 198 g/mol. The SMILES string of the molecule is CCn1nc(C(C)C)c([N+](=O)[O-])c1N. The van der Waals surface area contributed by atoms with Gasteiger partial charge in [-0.3, -0.25) is 10.1 Å². The van der Waals surface area contributed by atoms with Gasteiger partial charge in [0.05, 0.1) is 4.92 Å². The van der Waals surface area contributed by atoms with Crippen molar-refractivity contribution in [1.82, 2.24) is 9.78 Å². The molecule has 0 fully saturated rings. The molecule has 14 heavy (non-hydrogen) atoms. The molecule has 1 aromatic heterocycles. The predicted octanol–water partition coefficient (Wildman–Crippen LogP) is 1.52. The maximum absolute atomic E-state index is 10.7. The second-order valence-corrected chi connectivity index (χ2v) is 3.35. The van der Waals surface area contributed by atoms with Crippen molar-refractivity contribution < 1.29 is 4.92 Å². The number of rotatable bonds is 3. The standard InChI is InChI=1S/C8H14N4O2/c1-4-11-8(9)7(12(13)14)6(10-11)5(2)3/h5H,4,9H2,1-3H3. The molecule has 0 spiro atoms. The lowest BCUT2D eigenvalue weighted by Gasteiger charge is -1.97. The number of nitro groups is 1. The third kappa shape index (κ3) is 1.55. The van der Waals surface area contributed by atoms with E-state index in [9.17, 15) is 10.1 Å². The van der Waals surface area contributed by atoms with E-state index < -0.39 is 4.92 Å². The maximum atomic E-state index is 10.7. The summed E-state index contributed by atoms with van der Waals surface area (Å²) in [6.45, 7) is 6.10. The fourth-order valence-corrected chi connectivity index (χ4v) is 1.30. The molecule has 1 aromatic rings.